The highest BCUT2D eigenvalue weighted by molar-refractivity contribution is 5.26. The van der Waals surface area contributed by atoms with Gasteiger partial charge in [0.1, 0.15) is 12.2 Å². The second-order valence-corrected chi connectivity index (χ2v) is 4.81. The summed E-state index contributed by atoms with van der Waals surface area (Å²) in [5.41, 5.74) is 2.78. The molecular weight excluding hydrogens is 210 g/mol. The molecule has 1 aromatic carbocycles. The lowest BCUT2D eigenvalue weighted by Crippen LogP contribution is -2.03. The standard InChI is InChI=1S/C14H17N3/c1-11-4-2-3-5-12(11)6-9-14-16-15-10-17(14)13-7-8-13/h2-5,10,13H,6-9H2,1H3. The van der Waals surface area contributed by atoms with Gasteiger partial charge in [-0.05, 0) is 37.3 Å². The normalized spacial score (nSPS) is 15.1. The van der Waals surface area contributed by atoms with Gasteiger partial charge in [0.2, 0.25) is 0 Å². The first-order valence-electron chi connectivity index (χ1n) is 6.27. The van der Waals surface area contributed by atoms with Crippen molar-refractivity contribution >= 4 is 0 Å². The summed E-state index contributed by atoms with van der Waals surface area (Å²) in [4.78, 5) is 0. The van der Waals surface area contributed by atoms with E-state index in [1.165, 1.54) is 24.0 Å². The van der Waals surface area contributed by atoms with E-state index in [0.29, 0.717) is 6.04 Å². The van der Waals surface area contributed by atoms with Crippen LogP contribution in [0.4, 0.5) is 0 Å². The lowest BCUT2D eigenvalue weighted by atomic mass is 10.0. The van der Waals surface area contributed by atoms with Crippen molar-refractivity contribution in [3.63, 3.8) is 0 Å². The molecule has 0 unspecified atom stereocenters. The molecule has 0 saturated heterocycles. The molecule has 1 aliphatic carbocycles. The van der Waals surface area contributed by atoms with Crippen LogP contribution in [0.2, 0.25) is 0 Å². The number of aromatic nitrogens is 3. The van der Waals surface area contributed by atoms with E-state index in [0.717, 1.165) is 18.7 Å². The summed E-state index contributed by atoms with van der Waals surface area (Å²) in [5, 5.41) is 8.27. The molecule has 0 N–H and O–H groups in total. The van der Waals surface area contributed by atoms with Crippen LogP contribution in [0.15, 0.2) is 30.6 Å². The second kappa shape index (κ2) is 4.32. The van der Waals surface area contributed by atoms with Crippen LogP contribution in [0.25, 0.3) is 0 Å². The van der Waals surface area contributed by atoms with Gasteiger partial charge in [-0.2, -0.15) is 0 Å². The third-order valence-corrected chi connectivity index (χ3v) is 3.47. The van der Waals surface area contributed by atoms with E-state index < -0.39 is 0 Å². The Balaban J connectivity index is 1.71. The zero-order valence-corrected chi connectivity index (χ0v) is 10.1. The average molecular weight is 227 g/mol. The SMILES string of the molecule is Cc1ccccc1CCc1nncn1C1CC1. The second-order valence-electron chi connectivity index (χ2n) is 4.81. The maximum atomic E-state index is 4.24. The van der Waals surface area contributed by atoms with E-state index in [4.69, 9.17) is 0 Å². The molecule has 0 bridgehead atoms. The zero-order valence-electron chi connectivity index (χ0n) is 10.1. The number of hydrogen-bond acceptors (Lipinski definition) is 2. The molecular formula is C14H17N3. The Labute approximate surface area is 101 Å². The summed E-state index contributed by atoms with van der Waals surface area (Å²) in [6.07, 6.45) is 6.50. The van der Waals surface area contributed by atoms with Gasteiger partial charge < -0.3 is 4.57 Å². The molecule has 17 heavy (non-hydrogen) atoms. The number of nitrogens with zero attached hydrogens (tertiary/aromatic N) is 3. The molecule has 0 aliphatic heterocycles. The molecule has 1 saturated carbocycles. The topological polar surface area (TPSA) is 30.7 Å². The summed E-state index contributed by atoms with van der Waals surface area (Å²) in [6.45, 7) is 2.17. The summed E-state index contributed by atoms with van der Waals surface area (Å²) in [5.74, 6) is 1.13. The molecule has 0 radical (unpaired) electrons. The fraction of sp³-hybridized carbons (Fsp3) is 0.429. The van der Waals surface area contributed by atoms with Crippen molar-refractivity contribution in [1.82, 2.24) is 14.8 Å². The zero-order chi connectivity index (χ0) is 11.7. The van der Waals surface area contributed by atoms with Gasteiger partial charge in [0.25, 0.3) is 0 Å². The van der Waals surface area contributed by atoms with Gasteiger partial charge in [-0.25, -0.2) is 0 Å². The van der Waals surface area contributed by atoms with Gasteiger partial charge in [0.05, 0.1) is 0 Å². The quantitative estimate of drug-likeness (QED) is 0.804. The lowest BCUT2D eigenvalue weighted by Gasteiger charge is -2.06. The van der Waals surface area contributed by atoms with Gasteiger partial charge in [-0.1, -0.05) is 24.3 Å². The monoisotopic (exact) mass is 227 g/mol. The van der Waals surface area contributed by atoms with E-state index in [9.17, 15) is 0 Å². The maximum Gasteiger partial charge on any atom is 0.133 e. The van der Waals surface area contributed by atoms with Gasteiger partial charge >= 0.3 is 0 Å². The summed E-state index contributed by atoms with van der Waals surface area (Å²) < 4.78 is 2.25. The van der Waals surface area contributed by atoms with Crippen LogP contribution in [0.3, 0.4) is 0 Å². The molecule has 1 fully saturated rings. The smallest absolute Gasteiger partial charge is 0.133 e. The Morgan fingerprint density at radius 1 is 1.24 bits per heavy atom. The summed E-state index contributed by atoms with van der Waals surface area (Å²) in [6, 6.07) is 9.24. The van der Waals surface area contributed by atoms with Gasteiger partial charge in [-0.3, -0.25) is 0 Å². The number of hydrogen-bond donors (Lipinski definition) is 0. The minimum Gasteiger partial charge on any atom is -0.314 e. The van der Waals surface area contributed by atoms with E-state index in [1.807, 2.05) is 6.33 Å². The molecule has 3 heteroatoms. The van der Waals surface area contributed by atoms with Crippen LogP contribution in [-0.2, 0) is 12.8 Å². The van der Waals surface area contributed by atoms with Crippen molar-refractivity contribution in [3.8, 4) is 0 Å². The minimum absolute atomic E-state index is 0.678. The molecule has 1 aliphatic rings. The molecule has 2 aromatic rings. The third kappa shape index (κ3) is 2.23. The van der Waals surface area contributed by atoms with Gasteiger partial charge in [-0.15, -0.1) is 10.2 Å². The third-order valence-electron chi connectivity index (χ3n) is 3.47. The number of benzene rings is 1. The maximum absolute atomic E-state index is 4.24. The largest absolute Gasteiger partial charge is 0.314 e. The van der Waals surface area contributed by atoms with Crippen LogP contribution in [0.1, 0.15) is 35.8 Å². The number of rotatable bonds is 4. The van der Waals surface area contributed by atoms with Crippen molar-refractivity contribution in [2.24, 2.45) is 0 Å². The molecule has 0 atom stereocenters. The highest BCUT2D eigenvalue weighted by Crippen LogP contribution is 2.35. The van der Waals surface area contributed by atoms with Crippen molar-refractivity contribution in [2.75, 3.05) is 0 Å². The number of aryl methyl sites for hydroxylation is 3. The molecule has 1 heterocycles. The highest BCUT2D eigenvalue weighted by atomic mass is 15.3. The molecule has 3 rings (SSSR count). The summed E-state index contributed by atoms with van der Waals surface area (Å²) >= 11 is 0. The first kappa shape index (κ1) is 10.5. The Morgan fingerprint density at radius 2 is 2.06 bits per heavy atom. The van der Waals surface area contributed by atoms with E-state index in [1.54, 1.807) is 0 Å². The molecule has 1 aromatic heterocycles. The van der Waals surface area contributed by atoms with Crippen LogP contribution in [0.5, 0.6) is 0 Å². The van der Waals surface area contributed by atoms with Crippen LogP contribution >= 0.6 is 0 Å². The first-order valence-corrected chi connectivity index (χ1v) is 6.27. The Bertz CT molecular complexity index is 512. The van der Waals surface area contributed by atoms with Crippen molar-refractivity contribution in [2.45, 2.75) is 38.6 Å². The molecule has 3 nitrogen and oxygen atoms in total. The predicted octanol–water partition coefficient (Wildman–Crippen LogP) is 2.71. The van der Waals surface area contributed by atoms with Crippen LogP contribution in [0, 0.1) is 6.92 Å². The summed E-state index contributed by atoms with van der Waals surface area (Å²) in [7, 11) is 0. The highest BCUT2D eigenvalue weighted by Gasteiger charge is 2.25. The van der Waals surface area contributed by atoms with E-state index in [-0.39, 0.29) is 0 Å². The molecule has 88 valence electrons. The van der Waals surface area contributed by atoms with Crippen molar-refractivity contribution in [1.29, 1.82) is 0 Å². The van der Waals surface area contributed by atoms with Crippen LogP contribution < -0.4 is 0 Å². The minimum atomic E-state index is 0.678. The van der Waals surface area contributed by atoms with E-state index in [2.05, 4.69) is 46.0 Å². The van der Waals surface area contributed by atoms with Gasteiger partial charge in [0, 0.05) is 12.5 Å². The van der Waals surface area contributed by atoms with Gasteiger partial charge in [0.15, 0.2) is 0 Å². The molecule has 0 amide bonds. The Morgan fingerprint density at radius 3 is 2.82 bits per heavy atom. The molecule has 0 spiro atoms. The van der Waals surface area contributed by atoms with Crippen molar-refractivity contribution < 1.29 is 0 Å². The fourth-order valence-corrected chi connectivity index (χ4v) is 2.24. The Hall–Kier alpha value is -1.64. The van der Waals surface area contributed by atoms with E-state index >= 15 is 0 Å². The Kier molecular flexibility index (Phi) is 2.67. The lowest BCUT2D eigenvalue weighted by molar-refractivity contribution is 0.673. The average Bonchev–Trinajstić information content (AvgIpc) is 3.08. The predicted molar refractivity (Wildman–Crippen MR) is 66.9 cm³/mol. The van der Waals surface area contributed by atoms with Crippen LogP contribution in [-0.4, -0.2) is 14.8 Å². The van der Waals surface area contributed by atoms with Crippen molar-refractivity contribution in [3.05, 3.63) is 47.5 Å². The fourth-order valence-electron chi connectivity index (χ4n) is 2.24. The first-order chi connectivity index (χ1) is 8.34.